The minimum atomic E-state index is -0.273. The average molecular weight is 477 g/mol. The number of nitrogens with zero attached hydrogens (tertiary/aromatic N) is 3. The molecule has 2 N–H and O–H groups in total. The molecule has 1 aliphatic rings. The van der Waals surface area contributed by atoms with E-state index in [1.54, 1.807) is 23.2 Å². The summed E-state index contributed by atoms with van der Waals surface area (Å²) < 4.78 is 7.27. The van der Waals surface area contributed by atoms with Crippen molar-refractivity contribution in [1.82, 2.24) is 14.3 Å². The lowest BCUT2D eigenvalue weighted by atomic mass is 10.1. The molecule has 0 spiro atoms. The molecule has 1 aliphatic heterocycles. The predicted octanol–water partition coefficient (Wildman–Crippen LogP) is 2.67. The van der Waals surface area contributed by atoms with Crippen molar-refractivity contribution >= 4 is 51.7 Å². The number of aryl methyl sites for hydroxylation is 1. The first-order valence-electron chi connectivity index (χ1n) is 10.5. The number of aliphatic hydroxyl groups is 1. The van der Waals surface area contributed by atoms with Crippen LogP contribution in [0.5, 0.6) is 0 Å². The maximum absolute atomic E-state index is 13.3. The summed E-state index contributed by atoms with van der Waals surface area (Å²) in [6.45, 7) is 7.55. The van der Waals surface area contributed by atoms with E-state index in [1.165, 1.54) is 16.2 Å². The Labute approximate surface area is 196 Å². The van der Waals surface area contributed by atoms with Gasteiger partial charge in [-0.15, -0.1) is 0 Å². The largest absolute Gasteiger partial charge is 0.394 e. The number of rotatable bonds is 10. The molecule has 0 unspecified atom stereocenters. The van der Waals surface area contributed by atoms with Crippen LogP contribution in [-0.4, -0.2) is 62.5 Å². The Kier molecular flexibility index (Phi) is 8.41. The molecule has 0 bridgehead atoms. The number of ether oxygens (including phenoxy) is 1. The molecule has 1 fully saturated rings. The van der Waals surface area contributed by atoms with Crippen LogP contribution in [0.25, 0.3) is 11.7 Å². The van der Waals surface area contributed by atoms with Gasteiger partial charge in [0.05, 0.1) is 30.3 Å². The number of anilines is 1. The number of aromatic nitrogens is 2. The van der Waals surface area contributed by atoms with Gasteiger partial charge in [-0.2, -0.15) is 0 Å². The van der Waals surface area contributed by atoms with E-state index in [1.807, 2.05) is 13.0 Å². The number of thioether (sulfide) groups is 1. The number of amides is 1. The third kappa shape index (κ3) is 5.55. The van der Waals surface area contributed by atoms with Crippen LogP contribution < -0.4 is 10.9 Å². The number of carbonyl (C=O) groups is 1. The van der Waals surface area contributed by atoms with Gasteiger partial charge < -0.3 is 15.2 Å². The Bertz CT molecular complexity index is 1100. The highest BCUT2D eigenvalue weighted by Crippen LogP contribution is 2.33. The van der Waals surface area contributed by atoms with E-state index in [0.717, 1.165) is 12.0 Å². The predicted molar refractivity (Wildman–Crippen MR) is 132 cm³/mol. The molecule has 1 saturated heterocycles. The average Bonchev–Trinajstić information content (AvgIpc) is 3.02. The molecule has 3 heterocycles. The van der Waals surface area contributed by atoms with Crippen LogP contribution in [0.2, 0.25) is 0 Å². The van der Waals surface area contributed by atoms with E-state index in [0.29, 0.717) is 51.9 Å². The Hall–Kier alpha value is -2.27. The Morgan fingerprint density at radius 3 is 2.84 bits per heavy atom. The number of pyridine rings is 1. The summed E-state index contributed by atoms with van der Waals surface area (Å²) in [5.74, 6) is 0.640. The second-order valence-electron chi connectivity index (χ2n) is 7.84. The van der Waals surface area contributed by atoms with Crippen molar-refractivity contribution in [2.45, 2.75) is 27.2 Å². The van der Waals surface area contributed by atoms with Crippen molar-refractivity contribution in [1.29, 1.82) is 0 Å². The van der Waals surface area contributed by atoms with Gasteiger partial charge >= 0.3 is 0 Å². The molecular formula is C22H28N4O4S2. The standard InChI is InChI=1S/C22H28N4O4S2/c1-14(2)6-9-26-21(29)17(32-22(26)31)13-16-18(23-7-11-30-12-10-27)24-19-15(3)5-4-8-25(19)20(16)28/h4-5,8,13-14,23,27H,6-7,9-12H2,1-3H3/b17-13-. The molecule has 0 atom stereocenters. The molecule has 3 rings (SSSR count). The van der Waals surface area contributed by atoms with Gasteiger partial charge in [0.15, 0.2) is 0 Å². The minimum Gasteiger partial charge on any atom is -0.394 e. The van der Waals surface area contributed by atoms with Crippen molar-refractivity contribution in [3.63, 3.8) is 0 Å². The number of nitrogens with one attached hydrogen (secondary N) is 1. The molecule has 0 aromatic carbocycles. The summed E-state index contributed by atoms with van der Waals surface area (Å²) in [5, 5.41) is 12.0. The van der Waals surface area contributed by atoms with Crippen LogP contribution in [-0.2, 0) is 9.53 Å². The zero-order valence-electron chi connectivity index (χ0n) is 18.5. The minimum absolute atomic E-state index is 0.0569. The zero-order valence-corrected chi connectivity index (χ0v) is 20.1. The number of fused-ring (bicyclic) bond motifs is 1. The second-order valence-corrected chi connectivity index (χ2v) is 9.52. The summed E-state index contributed by atoms with van der Waals surface area (Å²) in [6, 6.07) is 3.67. The number of hydrogen-bond acceptors (Lipinski definition) is 8. The van der Waals surface area contributed by atoms with Crippen LogP contribution in [0.3, 0.4) is 0 Å². The van der Waals surface area contributed by atoms with E-state index in [4.69, 9.17) is 22.1 Å². The molecule has 8 nitrogen and oxygen atoms in total. The van der Waals surface area contributed by atoms with Crippen LogP contribution in [0.15, 0.2) is 28.0 Å². The van der Waals surface area contributed by atoms with Crippen molar-refractivity contribution in [2.75, 3.05) is 38.2 Å². The fourth-order valence-electron chi connectivity index (χ4n) is 3.20. The van der Waals surface area contributed by atoms with Crippen LogP contribution in [0.1, 0.15) is 31.4 Å². The topological polar surface area (TPSA) is 96.2 Å². The lowest BCUT2D eigenvalue weighted by Crippen LogP contribution is -2.29. The third-order valence-electron chi connectivity index (χ3n) is 4.94. The molecule has 10 heteroatoms. The van der Waals surface area contributed by atoms with Crippen molar-refractivity contribution in [2.24, 2.45) is 5.92 Å². The second kappa shape index (κ2) is 11.0. The number of thiocarbonyl (C=S) groups is 1. The van der Waals surface area contributed by atoms with Gasteiger partial charge in [0, 0.05) is 19.3 Å². The summed E-state index contributed by atoms with van der Waals surface area (Å²) in [7, 11) is 0. The summed E-state index contributed by atoms with van der Waals surface area (Å²) >= 11 is 6.61. The molecule has 1 amide bonds. The van der Waals surface area contributed by atoms with Gasteiger partial charge in [0.25, 0.3) is 11.5 Å². The Morgan fingerprint density at radius 1 is 1.34 bits per heavy atom. The van der Waals surface area contributed by atoms with E-state index in [2.05, 4.69) is 24.1 Å². The quantitative estimate of drug-likeness (QED) is 0.307. The monoisotopic (exact) mass is 476 g/mol. The molecule has 0 saturated carbocycles. The first-order valence-corrected chi connectivity index (χ1v) is 11.8. The normalized spacial score (nSPS) is 15.5. The molecule has 2 aromatic rings. The van der Waals surface area contributed by atoms with Gasteiger partial charge in [0.2, 0.25) is 0 Å². The number of hydrogen-bond donors (Lipinski definition) is 2. The van der Waals surface area contributed by atoms with Crippen molar-refractivity contribution in [3.8, 4) is 0 Å². The van der Waals surface area contributed by atoms with E-state index < -0.39 is 0 Å². The summed E-state index contributed by atoms with van der Waals surface area (Å²) in [6.07, 6.45) is 4.09. The molecule has 0 radical (unpaired) electrons. The van der Waals surface area contributed by atoms with Crippen molar-refractivity contribution in [3.05, 3.63) is 44.7 Å². The number of carbonyl (C=O) groups excluding carboxylic acids is 1. The maximum Gasteiger partial charge on any atom is 0.267 e. The molecule has 2 aromatic heterocycles. The Morgan fingerprint density at radius 2 is 2.12 bits per heavy atom. The fourth-order valence-corrected chi connectivity index (χ4v) is 4.49. The first-order chi connectivity index (χ1) is 15.3. The van der Waals surface area contributed by atoms with Gasteiger partial charge in [-0.05, 0) is 37.0 Å². The molecule has 172 valence electrons. The fraction of sp³-hybridized carbons (Fsp3) is 0.455. The molecule has 32 heavy (non-hydrogen) atoms. The van der Waals surface area contributed by atoms with Gasteiger partial charge in [-0.3, -0.25) is 18.9 Å². The van der Waals surface area contributed by atoms with E-state index in [9.17, 15) is 9.59 Å². The molecule has 0 aliphatic carbocycles. The highest BCUT2D eigenvalue weighted by atomic mass is 32.2. The van der Waals surface area contributed by atoms with Crippen LogP contribution in [0, 0.1) is 12.8 Å². The highest BCUT2D eigenvalue weighted by molar-refractivity contribution is 8.26. The molecular weight excluding hydrogens is 448 g/mol. The van der Waals surface area contributed by atoms with Gasteiger partial charge in [0.1, 0.15) is 15.8 Å². The van der Waals surface area contributed by atoms with Gasteiger partial charge in [-0.25, -0.2) is 4.98 Å². The van der Waals surface area contributed by atoms with Gasteiger partial charge in [-0.1, -0.05) is 43.9 Å². The van der Waals surface area contributed by atoms with E-state index in [-0.39, 0.29) is 24.7 Å². The zero-order chi connectivity index (χ0) is 23.3. The third-order valence-corrected chi connectivity index (χ3v) is 6.32. The van der Waals surface area contributed by atoms with Crippen LogP contribution in [0.4, 0.5) is 5.82 Å². The highest BCUT2D eigenvalue weighted by Gasteiger charge is 2.32. The van der Waals surface area contributed by atoms with Crippen molar-refractivity contribution < 1.29 is 14.6 Å². The lowest BCUT2D eigenvalue weighted by molar-refractivity contribution is -0.122. The lowest BCUT2D eigenvalue weighted by Gasteiger charge is -2.15. The maximum atomic E-state index is 13.3. The first kappa shape index (κ1) is 24.4. The Balaban J connectivity index is 1.97. The SMILES string of the molecule is Cc1cccn2c(=O)c(/C=C3\SC(=S)N(CCC(C)C)C3=O)c(NCCOCCO)nc12. The summed E-state index contributed by atoms with van der Waals surface area (Å²) in [5.41, 5.74) is 1.41. The number of aliphatic hydroxyl groups excluding tert-OH is 1. The van der Waals surface area contributed by atoms with E-state index >= 15 is 0 Å². The summed E-state index contributed by atoms with van der Waals surface area (Å²) in [4.78, 5) is 32.9. The smallest absolute Gasteiger partial charge is 0.267 e. The van der Waals surface area contributed by atoms with Crippen LogP contribution >= 0.6 is 24.0 Å².